The molecule has 0 unspecified atom stereocenters. The van der Waals surface area contributed by atoms with E-state index in [1.807, 2.05) is 0 Å². The molecule has 1 rings (SSSR count). The first kappa shape index (κ1) is 16.7. The number of hydrogen-bond donors (Lipinski definition) is 0. The van der Waals surface area contributed by atoms with E-state index in [4.69, 9.17) is 27.9 Å². The molecule has 0 heterocycles. The van der Waals surface area contributed by atoms with Gasteiger partial charge in [0.2, 0.25) is 10.0 Å². The average Bonchev–Trinajstić information content (AvgIpc) is 2.39. The molecule has 0 aliphatic carbocycles. The Hall–Kier alpha value is -0.330. The topological polar surface area (TPSA) is 46.6 Å². The first-order valence-corrected chi connectivity index (χ1v) is 8.16. The van der Waals surface area contributed by atoms with Gasteiger partial charge in [-0.15, -0.1) is 11.6 Å². The molecule has 0 spiro atoms. The van der Waals surface area contributed by atoms with E-state index in [1.54, 1.807) is 13.0 Å². The van der Waals surface area contributed by atoms with Crippen LogP contribution >= 0.6 is 23.2 Å². The van der Waals surface area contributed by atoms with Gasteiger partial charge in [0.1, 0.15) is 0 Å². The summed E-state index contributed by atoms with van der Waals surface area (Å²) in [6.07, 6.45) is 0. The van der Waals surface area contributed by atoms with E-state index in [0.717, 1.165) is 0 Å². The minimum Gasteiger partial charge on any atom is -0.383 e. The highest BCUT2D eigenvalue weighted by molar-refractivity contribution is 7.89. The van der Waals surface area contributed by atoms with E-state index in [0.29, 0.717) is 30.3 Å². The summed E-state index contributed by atoms with van der Waals surface area (Å²) in [7, 11) is -2.01. The van der Waals surface area contributed by atoms with Crippen LogP contribution in [0.5, 0.6) is 0 Å². The highest BCUT2D eigenvalue weighted by Crippen LogP contribution is 2.24. The van der Waals surface area contributed by atoms with Crippen molar-refractivity contribution in [2.75, 3.05) is 26.8 Å². The molecule has 0 N–H and O–H groups in total. The molecule has 7 heteroatoms. The lowest BCUT2D eigenvalue weighted by molar-refractivity contribution is 0.180. The van der Waals surface area contributed by atoms with Gasteiger partial charge in [-0.25, -0.2) is 8.42 Å². The van der Waals surface area contributed by atoms with E-state index < -0.39 is 10.0 Å². The number of benzene rings is 1. The van der Waals surface area contributed by atoms with Crippen molar-refractivity contribution < 1.29 is 13.2 Å². The molecule has 0 saturated heterocycles. The number of hydrogen-bond acceptors (Lipinski definition) is 3. The van der Waals surface area contributed by atoms with Gasteiger partial charge >= 0.3 is 0 Å². The van der Waals surface area contributed by atoms with Crippen LogP contribution in [0.3, 0.4) is 0 Å². The standard InChI is InChI=1S/C12H17Cl2NO3S/c1-3-15(6-7-18-2)19(16,17)11-5-4-10(9-13)12(14)8-11/h4-5,8H,3,6-7,9H2,1-2H3. The summed E-state index contributed by atoms with van der Waals surface area (Å²) in [5, 5.41) is 0.360. The molecule has 19 heavy (non-hydrogen) atoms. The van der Waals surface area contributed by atoms with Crippen molar-refractivity contribution in [3.8, 4) is 0 Å². The smallest absolute Gasteiger partial charge is 0.243 e. The van der Waals surface area contributed by atoms with Gasteiger partial charge in [0.25, 0.3) is 0 Å². The highest BCUT2D eigenvalue weighted by Gasteiger charge is 2.23. The second-order valence-electron chi connectivity index (χ2n) is 3.88. The lowest BCUT2D eigenvalue weighted by Crippen LogP contribution is -2.33. The van der Waals surface area contributed by atoms with Gasteiger partial charge in [0.15, 0.2) is 0 Å². The number of rotatable bonds is 7. The van der Waals surface area contributed by atoms with Crippen molar-refractivity contribution in [1.82, 2.24) is 4.31 Å². The molecule has 0 bridgehead atoms. The van der Waals surface area contributed by atoms with Crippen LogP contribution in [0.2, 0.25) is 5.02 Å². The zero-order valence-electron chi connectivity index (χ0n) is 10.9. The quantitative estimate of drug-likeness (QED) is 0.724. The van der Waals surface area contributed by atoms with Crippen LogP contribution < -0.4 is 0 Å². The highest BCUT2D eigenvalue weighted by atomic mass is 35.5. The van der Waals surface area contributed by atoms with Crippen LogP contribution in [0.1, 0.15) is 12.5 Å². The fourth-order valence-corrected chi connectivity index (χ4v) is 3.66. The maximum absolute atomic E-state index is 12.4. The molecule has 4 nitrogen and oxygen atoms in total. The van der Waals surface area contributed by atoms with Crippen LogP contribution in [0, 0.1) is 0 Å². The third-order valence-corrected chi connectivity index (χ3v) is 5.31. The molecular formula is C12H17Cl2NO3S. The third-order valence-electron chi connectivity index (χ3n) is 2.70. The van der Waals surface area contributed by atoms with E-state index in [1.165, 1.54) is 23.5 Å². The lowest BCUT2D eigenvalue weighted by atomic mass is 10.2. The summed E-state index contributed by atoms with van der Waals surface area (Å²) < 4.78 is 31.1. The van der Waals surface area contributed by atoms with Crippen molar-refractivity contribution in [2.24, 2.45) is 0 Å². The van der Waals surface area contributed by atoms with E-state index in [-0.39, 0.29) is 10.8 Å². The molecule has 0 aromatic heterocycles. The van der Waals surface area contributed by atoms with E-state index >= 15 is 0 Å². The molecular weight excluding hydrogens is 309 g/mol. The Labute approximate surface area is 124 Å². The summed E-state index contributed by atoms with van der Waals surface area (Å²) in [5.41, 5.74) is 0.710. The Kier molecular flexibility index (Phi) is 6.56. The van der Waals surface area contributed by atoms with Crippen molar-refractivity contribution in [1.29, 1.82) is 0 Å². The van der Waals surface area contributed by atoms with Crippen molar-refractivity contribution >= 4 is 33.2 Å². The van der Waals surface area contributed by atoms with Crippen LogP contribution in [-0.4, -0.2) is 39.5 Å². The maximum atomic E-state index is 12.4. The molecule has 0 saturated carbocycles. The molecule has 1 aromatic rings. The van der Waals surface area contributed by atoms with Crippen LogP contribution in [0.25, 0.3) is 0 Å². The van der Waals surface area contributed by atoms with Crippen LogP contribution in [-0.2, 0) is 20.6 Å². The molecule has 1 aromatic carbocycles. The Morgan fingerprint density at radius 1 is 1.37 bits per heavy atom. The van der Waals surface area contributed by atoms with Gasteiger partial charge < -0.3 is 4.74 Å². The van der Waals surface area contributed by atoms with E-state index in [2.05, 4.69) is 0 Å². The molecule has 0 amide bonds. The summed E-state index contributed by atoms with van der Waals surface area (Å²) in [4.78, 5) is 0.171. The number of ether oxygens (including phenoxy) is 1. The number of halogens is 2. The fourth-order valence-electron chi connectivity index (χ4n) is 1.59. The monoisotopic (exact) mass is 325 g/mol. The molecule has 108 valence electrons. The van der Waals surface area contributed by atoms with Gasteiger partial charge in [-0.3, -0.25) is 0 Å². The molecule has 0 fully saturated rings. The Bertz CT molecular complexity index is 520. The zero-order valence-corrected chi connectivity index (χ0v) is 13.2. The summed E-state index contributed by atoms with van der Waals surface area (Å²) in [6.45, 7) is 2.81. The van der Waals surface area contributed by atoms with Gasteiger partial charge in [-0.1, -0.05) is 24.6 Å². The van der Waals surface area contributed by atoms with Crippen molar-refractivity contribution in [3.63, 3.8) is 0 Å². The number of likely N-dealkylation sites (N-methyl/N-ethyl adjacent to an activating group) is 1. The molecule has 0 aliphatic rings. The SMILES string of the molecule is CCN(CCOC)S(=O)(=O)c1ccc(CCl)c(Cl)c1. The summed E-state index contributed by atoms with van der Waals surface area (Å²) in [5.74, 6) is 0.250. The number of methoxy groups -OCH3 is 1. The third kappa shape index (κ3) is 4.07. The fraction of sp³-hybridized carbons (Fsp3) is 0.500. The number of alkyl halides is 1. The van der Waals surface area contributed by atoms with Gasteiger partial charge in [-0.05, 0) is 17.7 Å². The molecule has 0 atom stereocenters. The maximum Gasteiger partial charge on any atom is 0.243 e. The zero-order chi connectivity index (χ0) is 14.5. The number of sulfonamides is 1. The lowest BCUT2D eigenvalue weighted by Gasteiger charge is -2.20. The predicted molar refractivity (Wildman–Crippen MR) is 77.3 cm³/mol. The average molecular weight is 326 g/mol. The van der Waals surface area contributed by atoms with Gasteiger partial charge in [0, 0.05) is 31.1 Å². The Balaban J connectivity index is 3.07. The predicted octanol–water partition coefficient (Wildman–Crippen LogP) is 2.74. The largest absolute Gasteiger partial charge is 0.383 e. The second kappa shape index (κ2) is 7.45. The van der Waals surface area contributed by atoms with E-state index in [9.17, 15) is 8.42 Å². The minimum atomic E-state index is -3.55. The minimum absolute atomic E-state index is 0.171. The second-order valence-corrected chi connectivity index (χ2v) is 6.49. The van der Waals surface area contributed by atoms with Crippen LogP contribution in [0.15, 0.2) is 23.1 Å². The molecule has 0 aliphatic heterocycles. The normalized spacial score (nSPS) is 12.1. The van der Waals surface area contributed by atoms with Crippen molar-refractivity contribution in [3.05, 3.63) is 28.8 Å². The summed E-state index contributed by atoms with van der Waals surface area (Å²) >= 11 is 11.7. The van der Waals surface area contributed by atoms with Crippen molar-refractivity contribution in [2.45, 2.75) is 17.7 Å². The summed E-state index contributed by atoms with van der Waals surface area (Å²) in [6, 6.07) is 4.59. The Morgan fingerprint density at radius 3 is 2.53 bits per heavy atom. The Morgan fingerprint density at radius 2 is 2.05 bits per heavy atom. The van der Waals surface area contributed by atoms with Gasteiger partial charge in [0.05, 0.1) is 11.5 Å². The first-order chi connectivity index (χ1) is 8.97. The first-order valence-electron chi connectivity index (χ1n) is 5.80. The molecule has 0 radical (unpaired) electrons. The number of nitrogens with zero attached hydrogens (tertiary/aromatic N) is 1. The van der Waals surface area contributed by atoms with Gasteiger partial charge in [-0.2, -0.15) is 4.31 Å². The van der Waals surface area contributed by atoms with Crippen LogP contribution in [0.4, 0.5) is 0 Å².